The van der Waals surface area contributed by atoms with Gasteiger partial charge < -0.3 is 9.88 Å². The molecule has 126 valence electrons. The number of aromatic nitrogens is 2. The third-order valence-electron chi connectivity index (χ3n) is 4.87. The first kappa shape index (κ1) is 15.8. The van der Waals surface area contributed by atoms with Crippen molar-refractivity contribution in [2.24, 2.45) is 0 Å². The van der Waals surface area contributed by atoms with Crippen LogP contribution in [0.2, 0.25) is 0 Å². The highest BCUT2D eigenvalue weighted by atomic mass is 32.2. The molecule has 0 radical (unpaired) electrons. The number of hydrogen-bond donors (Lipinski definition) is 1. The lowest BCUT2D eigenvalue weighted by atomic mass is 10.0. The molecule has 2 aliphatic rings. The van der Waals surface area contributed by atoms with Crippen molar-refractivity contribution in [2.45, 2.75) is 43.9 Å². The molecule has 0 saturated heterocycles. The van der Waals surface area contributed by atoms with Crippen LogP contribution in [0, 0.1) is 0 Å². The van der Waals surface area contributed by atoms with Gasteiger partial charge in [0, 0.05) is 32.1 Å². The van der Waals surface area contributed by atoms with Gasteiger partial charge in [0.05, 0.1) is 5.69 Å². The zero-order valence-corrected chi connectivity index (χ0v) is 14.6. The van der Waals surface area contributed by atoms with Crippen LogP contribution in [0.15, 0.2) is 30.5 Å². The smallest absolute Gasteiger partial charge is 0.237 e. The summed E-state index contributed by atoms with van der Waals surface area (Å²) >= 11 is 1.75. The number of carbonyl (C=O) groups excluding carboxylic acids is 1. The van der Waals surface area contributed by atoms with Gasteiger partial charge in [-0.1, -0.05) is 24.3 Å². The Morgan fingerprint density at radius 2 is 2.21 bits per heavy atom. The molecule has 3 heterocycles. The fourth-order valence-corrected chi connectivity index (χ4v) is 4.83. The molecule has 1 amide bonds. The van der Waals surface area contributed by atoms with Crippen molar-refractivity contribution in [1.29, 1.82) is 0 Å². The normalized spacial score (nSPS) is 19.4. The number of imidazole rings is 1. The molecule has 1 N–H and O–H groups in total. The van der Waals surface area contributed by atoms with Crippen LogP contribution in [-0.2, 0) is 30.6 Å². The van der Waals surface area contributed by atoms with E-state index in [1.165, 1.54) is 29.8 Å². The summed E-state index contributed by atoms with van der Waals surface area (Å²) in [6.07, 6.45) is 7.60. The number of hydrogen-bond acceptors (Lipinski definition) is 3. The monoisotopic (exact) mass is 341 g/mol. The van der Waals surface area contributed by atoms with Gasteiger partial charge in [-0.2, -0.15) is 0 Å². The largest absolute Gasteiger partial charge is 0.354 e. The number of nitrogens with one attached hydrogen (secondary N) is 1. The number of fused-ring (bicyclic) bond motifs is 2. The van der Waals surface area contributed by atoms with Crippen molar-refractivity contribution >= 4 is 17.7 Å². The second kappa shape index (κ2) is 7.01. The maximum Gasteiger partial charge on any atom is 0.237 e. The number of nitrogens with zero attached hydrogens (tertiary/aromatic N) is 2. The van der Waals surface area contributed by atoms with Gasteiger partial charge in [-0.25, -0.2) is 4.98 Å². The van der Waals surface area contributed by atoms with E-state index >= 15 is 0 Å². The summed E-state index contributed by atoms with van der Waals surface area (Å²) in [4.78, 5) is 17.3. The van der Waals surface area contributed by atoms with Crippen molar-refractivity contribution < 1.29 is 4.79 Å². The summed E-state index contributed by atoms with van der Waals surface area (Å²) < 4.78 is 2.27. The number of amides is 1. The van der Waals surface area contributed by atoms with Crippen LogP contribution in [0.5, 0.6) is 0 Å². The topological polar surface area (TPSA) is 46.9 Å². The van der Waals surface area contributed by atoms with Crippen LogP contribution in [0.3, 0.4) is 0 Å². The van der Waals surface area contributed by atoms with Crippen molar-refractivity contribution in [3.63, 3.8) is 0 Å². The Morgan fingerprint density at radius 1 is 1.29 bits per heavy atom. The summed E-state index contributed by atoms with van der Waals surface area (Å²) in [5, 5.41) is 3.05. The summed E-state index contributed by atoms with van der Waals surface area (Å²) in [6, 6.07) is 8.32. The van der Waals surface area contributed by atoms with Crippen LogP contribution >= 0.6 is 11.8 Å². The molecule has 1 aromatic carbocycles. The average Bonchev–Trinajstić information content (AvgIpc) is 3.04. The molecule has 0 bridgehead atoms. The molecule has 0 aliphatic carbocycles. The standard InChI is InChI=1S/C19H23N3OS/c23-19(18-16-6-2-1-5-14(16)9-12-24-18)20-10-8-15-13-22-11-4-3-7-17(22)21-15/h1-2,5-6,13,18H,3-4,7-12H2,(H,20,23)/t18-/m0/s1. The van der Waals surface area contributed by atoms with E-state index in [9.17, 15) is 4.79 Å². The van der Waals surface area contributed by atoms with Crippen LogP contribution in [-0.4, -0.2) is 27.8 Å². The quantitative estimate of drug-likeness (QED) is 0.930. The maximum atomic E-state index is 12.6. The fraction of sp³-hybridized carbons (Fsp3) is 0.474. The number of carbonyl (C=O) groups is 1. The number of rotatable bonds is 4. The minimum absolute atomic E-state index is 0.0647. The predicted octanol–water partition coefficient (Wildman–Crippen LogP) is 2.91. The average molecular weight is 341 g/mol. The highest BCUT2D eigenvalue weighted by Crippen LogP contribution is 2.36. The first-order valence-corrected chi connectivity index (χ1v) is 9.88. The molecule has 4 nitrogen and oxygen atoms in total. The Balaban J connectivity index is 1.35. The molecule has 0 unspecified atom stereocenters. The number of benzene rings is 1. The van der Waals surface area contributed by atoms with E-state index in [4.69, 9.17) is 4.98 Å². The third-order valence-corrected chi connectivity index (χ3v) is 6.11. The molecule has 0 spiro atoms. The molecule has 4 rings (SSSR count). The van der Waals surface area contributed by atoms with Crippen molar-refractivity contribution in [1.82, 2.24) is 14.9 Å². The molecular weight excluding hydrogens is 318 g/mol. The van der Waals surface area contributed by atoms with E-state index in [1.54, 1.807) is 11.8 Å². The van der Waals surface area contributed by atoms with Crippen LogP contribution < -0.4 is 5.32 Å². The SMILES string of the molecule is O=C(NCCc1cn2c(n1)CCCC2)[C@H]1SCCc2ccccc21. The van der Waals surface area contributed by atoms with Gasteiger partial charge in [0.15, 0.2) is 0 Å². The van der Waals surface area contributed by atoms with E-state index in [0.29, 0.717) is 6.54 Å². The second-order valence-corrected chi connectivity index (χ2v) is 7.75. The van der Waals surface area contributed by atoms with E-state index in [2.05, 4.69) is 34.3 Å². The molecule has 2 aliphatic heterocycles. The fourth-order valence-electron chi connectivity index (χ4n) is 3.61. The van der Waals surface area contributed by atoms with E-state index in [1.807, 2.05) is 6.07 Å². The Bertz CT molecular complexity index is 716. The Kier molecular flexibility index (Phi) is 4.60. The van der Waals surface area contributed by atoms with Crippen LogP contribution in [0.4, 0.5) is 0 Å². The molecule has 0 fully saturated rings. The van der Waals surface area contributed by atoms with Gasteiger partial charge >= 0.3 is 0 Å². The van der Waals surface area contributed by atoms with Gasteiger partial charge in [-0.05, 0) is 36.1 Å². The van der Waals surface area contributed by atoms with Crippen molar-refractivity contribution in [3.8, 4) is 0 Å². The van der Waals surface area contributed by atoms with Gasteiger partial charge in [0.25, 0.3) is 0 Å². The minimum Gasteiger partial charge on any atom is -0.354 e. The lowest BCUT2D eigenvalue weighted by Gasteiger charge is -2.24. The zero-order chi connectivity index (χ0) is 16.4. The van der Waals surface area contributed by atoms with E-state index < -0.39 is 0 Å². The highest BCUT2D eigenvalue weighted by molar-refractivity contribution is 8.00. The summed E-state index contributed by atoms with van der Waals surface area (Å²) in [5.74, 6) is 2.36. The highest BCUT2D eigenvalue weighted by Gasteiger charge is 2.26. The first-order chi connectivity index (χ1) is 11.8. The van der Waals surface area contributed by atoms with E-state index in [-0.39, 0.29) is 11.2 Å². The van der Waals surface area contributed by atoms with Crippen molar-refractivity contribution in [3.05, 3.63) is 53.1 Å². The molecule has 2 aromatic rings. The zero-order valence-electron chi connectivity index (χ0n) is 13.8. The molecule has 5 heteroatoms. The van der Waals surface area contributed by atoms with Gasteiger partial charge in [-0.3, -0.25) is 4.79 Å². The Hall–Kier alpha value is -1.75. The van der Waals surface area contributed by atoms with E-state index in [0.717, 1.165) is 37.3 Å². The molecular formula is C19H23N3OS. The minimum atomic E-state index is -0.0647. The second-order valence-electron chi connectivity index (χ2n) is 6.54. The predicted molar refractivity (Wildman–Crippen MR) is 97.2 cm³/mol. The Morgan fingerprint density at radius 3 is 3.12 bits per heavy atom. The first-order valence-electron chi connectivity index (χ1n) is 8.83. The molecule has 0 saturated carbocycles. The van der Waals surface area contributed by atoms with Gasteiger partial charge in [-0.15, -0.1) is 11.8 Å². The van der Waals surface area contributed by atoms with Gasteiger partial charge in [0.2, 0.25) is 5.91 Å². The maximum absolute atomic E-state index is 12.6. The van der Waals surface area contributed by atoms with Gasteiger partial charge in [0.1, 0.15) is 11.1 Å². The molecule has 24 heavy (non-hydrogen) atoms. The summed E-state index contributed by atoms with van der Waals surface area (Å²) in [7, 11) is 0. The number of thioether (sulfide) groups is 1. The molecule has 1 atom stereocenters. The van der Waals surface area contributed by atoms with Crippen molar-refractivity contribution in [2.75, 3.05) is 12.3 Å². The number of aryl methyl sites for hydroxylation is 3. The van der Waals surface area contributed by atoms with Crippen LogP contribution in [0.1, 0.15) is 40.7 Å². The lowest BCUT2D eigenvalue weighted by molar-refractivity contribution is -0.120. The third kappa shape index (κ3) is 3.22. The lowest BCUT2D eigenvalue weighted by Crippen LogP contribution is -2.31. The van der Waals surface area contributed by atoms with Crippen LogP contribution in [0.25, 0.3) is 0 Å². The summed E-state index contributed by atoms with van der Waals surface area (Å²) in [5.41, 5.74) is 3.60. The molecule has 1 aromatic heterocycles. The Labute approximate surface area is 147 Å². The summed E-state index contributed by atoms with van der Waals surface area (Å²) in [6.45, 7) is 1.75.